The minimum atomic E-state index is -0.899. The van der Waals surface area contributed by atoms with E-state index in [0.29, 0.717) is 33.4 Å². The Labute approximate surface area is 266 Å². The number of hydrogen-bond donors (Lipinski definition) is 1. The quantitative estimate of drug-likeness (QED) is 0.0958. The first-order valence-corrected chi connectivity index (χ1v) is 13.8. The highest BCUT2D eigenvalue weighted by Crippen LogP contribution is 2.43. The maximum atomic E-state index is 12.5. The van der Waals surface area contributed by atoms with Crippen LogP contribution in [0.2, 0.25) is 0 Å². The Balaban J connectivity index is 1.71. The number of ether oxygens (including phenoxy) is 6. The number of carbonyl (C=O) groups excluding carboxylic acids is 5. The van der Waals surface area contributed by atoms with Crippen molar-refractivity contribution in [3.63, 3.8) is 0 Å². The molecule has 2 aliphatic rings. The van der Waals surface area contributed by atoms with Gasteiger partial charge in [-0.1, -0.05) is 6.07 Å². The molecule has 1 aliphatic carbocycles. The van der Waals surface area contributed by atoms with E-state index in [1.54, 1.807) is 30.3 Å². The molecule has 15 nitrogen and oxygen atoms in total. The van der Waals surface area contributed by atoms with E-state index in [9.17, 15) is 33.9 Å². The Morgan fingerprint density at radius 1 is 0.723 bits per heavy atom. The van der Waals surface area contributed by atoms with Gasteiger partial charge < -0.3 is 42.8 Å². The second-order valence-electron chi connectivity index (χ2n) is 9.79. The first-order valence-electron chi connectivity index (χ1n) is 13.8. The van der Waals surface area contributed by atoms with Gasteiger partial charge in [-0.15, -0.1) is 0 Å². The molecule has 1 heterocycles. The molecule has 0 saturated heterocycles. The minimum Gasteiger partial charge on any atom is -0.506 e. The average molecular weight is 652 g/mol. The summed E-state index contributed by atoms with van der Waals surface area (Å²) in [6, 6.07) is 13.6. The molecule has 0 unspecified atom stereocenters. The van der Waals surface area contributed by atoms with Crippen LogP contribution in [0.5, 0.6) is 11.5 Å². The lowest BCUT2D eigenvalue weighted by Gasteiger charge is -2.24. The van der Waals surface area contributed by atoms with Gasteiger partial charge >= 0.3 is 29.8 Å². The Kier molecular flexibility index (Phi) is 11.0. The molecule has 1 N–H and O–H groups in total. The fourth-order valence-electron chi connectivity index (χ4n) is 4.36. The standard InChI is InChI=1S/C32H29NO14/c1-18(34)41-15-44-23-6-8-25-29(12-23)47-28-11-22(37)5-7-24(28)32(25)21-4-9-26(27(38)10-21)33(13-30(39)45-16-42-19(2)35)14-31(40)46-17-43-20(3)36/h4-12,38H,13-17H2,1-3H3. The molecule has 0 aromatic heterocycles. The lowest BCUT2D eigenvalue weighted by molar-refractivity contribution is -0.165. The lowest BCUT2D eigenvalue weighted by atomic mass is 9.93. The number of phenols is 1. The summed E-state index contributed by atoms with van der Waals surface area (Å²) in [5.74, 6) is -3.47. The van der Waals surface area contributed by atoms with Crippen LogP contribution in [0.1, 0.15) is 20.8 Å². The summed E-state index contributed by atoms with van der Waals surface area (Å²) in [5, 5.41) is 11.8. The monoisotopic (exact) mass is 651 g/mol. The van der Waals surface area contributed by atoms with E-state index in [0.717, 1.165) is 18.7 Å². The Hall–Kier alpha value is -6.12. The van der Waals surface area contributed by atoms with E-state index >= 15 is 0 Å². The molecule has 4 rings (SSSR count). The molecule has 2 aromatic rings. The van der Waals surface area contributed by atoms with Crippen LogP contribution in [0.25, 0.3) is 33.4 Å². The molecule has 47 heavy (non-hydrogen) atoms. The molecule has 0 atom stereocenters. The summed E-state index contributed by atoms with van der Waals surface area (Å²) in [4.78, 5) is 71.5. The number of anilines is 1. The topological polar surface area (TPSA) is 194 Å². The van der Waals surface area contributed by atoms with Gasteiger partial charge in [0.1, 0.15) is 35.9 Å². The number of esters is 5. The van der Waals surface area contributed by atoms with Crippen molar-refractivity contribution in [2.24, 2.45) is 0 Å². The van der Waals surface area contributed by atoms with Crippen molar-refractivity contribution in [2.75, 3.05) is 38.4 Å². The fraction of sp³-hybridized carbons (Fsp3) is 0.250. The number of nitrogens with zero attached hydrogens (tertiary/aromatic N) is 1. The molecule has 0 saturated carbocycles. The fourth-order valence-corrected chi connectivity index (χ4v) is 4.36. The van der Waals surface area contributed by atoms with Crippen LogP contribution in [-0.4, -0.2) is 68.4 Å². The van der Waals surface area contributed by atoms with Gasteiger partial charge in [0.2, 0.25) is 20.4 Å². The number of hydrogen-bond acceptors (Lipinski definition) is 15. The van der Waals surface area contributed by atoms with Gasteiger partial charge in [-0.05, 0) is 42.0 Å². The lowest BCUT2D eigenvalue weighted by Crippen LogP contribution is -2.36. The van der Waals surface area contributed by atoms with Gasteiger partial charge in [-0.25, -0.2) is 0 Å². The molecule has 1 aliphatic heterocycles. The van der Waals surface area contributed by atoms with Crippen molar-refractivity contribution in [3.8, 4) is 33.9 Å². The zero-order chi connectivity index (χ0) is 34.1. The van der Waals surface area contributed by atoms with Gasteiger partial charge in [0.05, 0.1) is 5.69 Å². The highest BCUT2D eigenvalue weighted by Gasteiger charge is 2.23. The van der Waals surface area contributed by atoms with E-state index in [1.807, 2.05) is 0 Å². The minimum absolute atomic E-state index is 0.0276. The SMILES string of the molecule is CC(=O)OCOC(=O)CN(CC(=O)OCOC(C)=O)c1ccc(-c2c3ccc(=O)cc-3oc3cc(OCOC(C)=O)ccc23)cc1O. The summed E-state index contributed by atoms with van der Waals surface area (Å²) in [6.45, 7) is 0.702. The summed E-state index contributed by atoms with van der Waals surface area (Å²) < 4.78 is 35.3. The van der Waals surface area contributed by atoms with Crippen molar-refractivity contribution < 1.29 is 61.9 Å². The molecular formula is C32H29NO14. The van der Waals surface area contributed by atoms with Crippen LogP contribution in [0.3, 0.4) is 0 Å². The molecule has 0 radical (unpaired) electrons. The van der Waals surface area contributed by atoms with Crippen molar-refractivity contribution in [1.82, 2.24) is 0 Å². The maximum absolute atomic E-state index is 12.5. The molecule has 2 aromatic carbocycles. The van der Waals surface area contributed by atoms with Gasteiger partial charge in [0.25, 0.3) is 0 Å². The highest BCUT2D eigenvalue weighted by atomic mass is 16.7. The number of carbonyl (C=O) groups is 5. The molecular weight excluding hydrogens is 622 g/mol. The second-order valence-corrected chi connectivity index (χ2v) is 9.79. The molecule has 246 valence electrons. The van der Waals surface area contributed by atoms with E-state index in [4.69, 9.17) is 23.4 Å². The Bertz CT molecular complexity index is 1810. The molecule has 0 bridgehead atoms. The van der Waals surface area contributed by atoms with Gasteiger partial charge in [0, 0.05) is 49.4 Å². The maximum Gasteiger partial charge on any atom is 0.328 e. The van der Waals surface area contributed by atoms with Gasteiger partial charge in [-0.3, -0.25) is 28.8 Å². The highest BCUT2D eigenvalue weighted by molar-refractivity contribution is 6.02. The molecule has 0 spiro atoms. The van der Waals surface area contributed by atoms with E-state index in [1.165, 1.54) is 31.2 Å². The Morgan fingerprint density at radius 3 is 1.94 bits per heavy atom. The summed E-state index contributed by atoms with van der Waals surface area (Å²) >= 11 is 0. The first-order chi connectivity index (χ1) is 22.4. The third-order valence-electron chi connectivity index (χ3n) is 6.36. The third kappa shape index (κ3) is 9.20. The predicted molar refractivity (Wildman–Crippen MR) is 161 cm³/mol. The van der Waals surface area contributed by atoms with Crippen LogP contribution in [0.4, 0.5) is 5.69 Å². The summed E-state index contributed by atoms with van der Waals surface area (Å²) in [5.41, 5.74) is 1.62. The average Bonchev–Trinajstić information content (AvgIpc) is 2.98. The normalized spacial score (nSPS) is 10.6. The predicted octanol–water partition coefficient (Wildman–Crippen LogP) is 3.10. The number of fused-ring (bicyclic) bond motifs is 2. The summed E-state index contributed by atoms with van der Waals surface area (Å²) in [7, 11) is 0. The van der Waals surface area contributed by atoms with Crippen LogP contribution >= 0.6 is 0 Å². The van der Waals surface area contributed by atoms with Crippen LogP contribution < -0.4 is 15.1 Å². The molecule has 15 heteroatoms. The number of rotatable bonds is 13. The second kappa shape index (κ2) is 15.2. The van der Waals surface area contributed by atoms with Crippen LogP contribution in [-0.2, 0) is 47.7 Å². The smallest absolute Gasteiger partial charge is 0.328 e. The van der Waals surface area contributed by atoms with Crippen LogP contribution in [0.15, 0.2) is 63.8 Å². The number of phenolic OH excluding ortho intramolecular Hbond substituents is 1. The summed E-state index contributed by atoms with van der Waals surface area (Å²) in [6.07, 6.45) is 0. The zero-order valence-corrected chi connectivity index (χ0v) is 25.4. The van der Waals surface area contributed by atoms with Crippen LogP contribution in [0, 0.1) is 0 Å². The van der Waals surface area contributed by atoms with Crippen molar-refractivity contribution >= 4 is 46.5 Å². The zero-order valence-electron chi connectivity index (χ0n) is 25.4. The van der Waals surface area contributed by atoms with Gasteiger partial charge in [-0.2, -0.15) is 0 Å². The van der Waals surface area contributed by atoms with Crippen molar-refractivity contribution in [1.29, 1.82) is 0 Å². The largest absolute Gasteiger partial charge is 0.506 e. The van der Waals surface area contributed by atoms with Crippen molar-refractivity contribution in [3.05, 3.63) is 64.8 Å². The molecule has 0 fully saturated rings. The molecule has 0 amide bonds. The van der Waals surface area contributed by atoms with Gasteiger partial charge in [0.15, 0.2) is 5.43 Å². The Morgan fingerprint density at radius 2 is 1.34 bits per heavy atom. The third-order valence-corrected chi connectivity index (χ3v) is 6.36. The van der Waals surface area contributed by atoms with E-state index < -0.39 is 56.5 Å². The van der Waals surface area contributed by atoms with Crippen molar-refractivity contribution in [2.45, 2.75) is 20.8 Å². The number of aromatic hydroxyl groups is 1. The number of benzene rings is 3. The van der Waals surface area contributed by atoms with E-state index in [-0.39, 0.29) is 29.4 Å². The first kappa shape index (κ1) is 33.8. The van der Waals surface area contributed by atoms with E-state index in [2.05, 4.69) is 9.47 Å².